The van der Waals surface area contributed by atoms with E-state index >= 15 is 0 Å². The maximum absolute atomic E-state index is 12.5. The van der Waals surface area contributed by atoms with Gasteiger partial charge in [0.2, 0.25) is 0 Å². The second kappa shape index (κ2) is 5.18. The molecule has 0 amide bonds. The lowest BCUT2D eigenvalue weighted by molar-refractivity contribution is 0.0953. The highest BCUT2D eigenvalue weighted by Gasteiger charge is 2.48. The Kier molecular flexibility index (Phi) is 3.13. The van der Waals surface area contributed by atoms with Crippen molar-refractivity contribution in [2.24, 2.45) is 0 Å². The first-order valence-corrected chi connectivity index (χ1v) is 7.42. The minimum atomic E-state index is -0.609. The van der Waals surface area contributed by atoms with Crippen molar-refractivity contribution in [3.63, 3.8) is 0 Å². The van der Waals surface area contributed by atoms with E-state index in [2.05, 4.69) is 0 Å². The molecule has 0 bridgehead atoms. The number of rotatable bonds is 3. The Morgan fingerprint density at radius 3 is 2.57 bits per heavy atom. The first-order valence-electron chi connectivity index (χ1n) is 7.42. The lowest BCUT2D eigenvalue weighted by Gasteiger charge is -2.00. The maximum Gasteiger partial charge on any atom is 0.198 e. The van der Waals surface area contributed by atoms with Crippen molar-refractivity contribution in [1.82, 2.24) is 0 Å². The number of hydrogen-bond donors (Lipinski definition) is 0. The van der Waals surface area contributed by atoms with E-state index in [0.29, 0.717) is 22.1 Å². The lowest BCUT2D eigenvalue weighted by atomic mass is 10.0. The van der Waals surface area contributed by atoms with Crippen LogP contribution in [0.1, 0.15) is 27.6 Å². The van der Waals surface area contributed by atoms with Crippen LogP contribution in [0.4, 0.5) is 0 Å². The summed E-state index contributed by atoms with van der Waals surface area (Å²) in [6.45, 7) is 1.96. The molecule has 0 radical (unpaired) electrons. The van der Waals surface area contributed by atoms with Crippen molar-refractivity contribution in [1.29, 1.82) is 0 Å². The number of carbonyl (C=O) groups excluding carboxylic acids is 1. The van der Waals surface area contributed by atoms with Crippen molar-refractivity contribution in [2.45, 2.75) is 19.1 Å². The summed E-state index contributed by atoms with van der Waals surface area (Å²) in [5.41, 5.74) is 2.46. The van der Waals surface area contributed by atoms with Crippen LogP contribution < -0.4 is 5.43 Å². The average molecular weight is 306 g/mol. The number of fused-ring (bicyclic) bond motifs is 1. The van der Waals surface area contributed by atoms with Crippen LogP contribution >= 0.6 is 0 Å². The van der Waals surface area contributed by atoms with Gasteiger partial charge in [-0.2, -0.15) is 0 Å². The van der Waals surface area contributed by atoms with E-state index in [9.17, 15) is 9.59 Å². The SMILES string of the molecule is Cc1ccc(C(=O)[C@@H]2O[C@H]2c2coc3ccccc3c2=O)cc1. The summed E-state index contributed by atoms with van der Waals surface area (Å²) < 4.78 is 11.0. The van der Waals surface area contributed by atoms with Crippen molar-refractivity contribution < 1.29 is 13.9 Å². The molecule has 2 aromatic carbocycles. The number of aryl methyl sites for hydroxylation is 1. The Labute approximate surface area is 132 Å². The van der Waals surface area contributed by atoms with E-state index in [1.54, 1.807) is 30.3 Å². The van der Waals surface area contributed by atoms with Gasteiger partial charge in [0.05, 0.1) is 10.9 Å². The molecule has 2 atom stereocenters. The number of ketones is 1. The largest absolute Gasteiger partial charge is 0.464 e. The first kappa shape index (κ1) is 13.9. The standard InChI is InChI=1S/C19H14O4/c1-11-6-8-12(9-7-11)16(20)19-18(23-19)14-10-22-15-5-3-2-4-13(15)17(14)21/h2-10,18-19H,1H3/t18-,19-/m0/s1. The van der Waals surface area contributed by atoms with Crippen LogP contribution in [-0.4, -0.2) is 11.9 Å². The monoisotopic (exact) mass is 306 g/mol. The quantitative estimate of drug-likeness (QED) is 0.549. The van der Waals surface area contributed by atoms with Gasteiger partial charge in [-0.3, -0.25) is 9.59 Å². The van der Waals surface area contributed by atoms with Gasteiger partial charge in [-0.05, 0) is 19.1 Å². The normalized spacial score (nSPS) is 19.7. The second-order valence-electron chi connectivity index (χ2n) is 5.72. The highest BCUT2D eigenvalue weighted by atomic mass is 16.6. The van der Waals surface area contributed by atoms with Crippen LogP contribution in [-0.2, 0) is 4.74 Å². The summed E-state index contributed by atoms with van der Waals surface area (Å²) in [7, 11) is 0. The molecule has 3 aromatic rings. The van der Waals surface area contributed by atoms with E-state index < -0.39 is 12.2 Å². The van der Waals surface area contributed by atoms with E-state index in [-0.39, 0.29) is 11.2 Å². The predicted molar refractivity (Wildman–Crippen MR) is 85.6 cm³/mol. The summed E-state index contributed by atoms with van der Waals surface area (Å²) in [4.78, 5) is 24.9. The Balaban J connectivity index is 1.64. The van der Waals surface area contributed by atoms with Gasteiger partial charge in [-0.1, -0.05) is 42.0 Å². The van der Waals surface area contributed by atoms with Gasteiger partial charge in [-0.15, -0.1) is 0 Å². The molecule has 1 fully saturated rings. The molecule has 23 heavy (non-hydrogen) atoms. The van der Waals surface area contributed by atoms with Crippen LogP contribution in [0.5, 0.6) is 0 Å². The van der Waals surface area contributed by atoms with Gasteiger partial charge in [0.25, 0.3) is 0 Å². The Hall–Kier alpha value is -2.72. The van der Waals surface area contributed by atoms with E-state index in [1.165, 1.54) is 6.26 Å². The first-order chi connectivity index (χ1) is 11.1. The molecule has 4 heteroatoms. The van der Waals surface area contributed by atoms with Crippen LogP contribution in [0.15, 0.2) is 64.0 Å². The fourth-order valence-corrected chi connectivity index (χ4v) is 2.72. The Morgan fingerprint density at radius 1 is 1.04 bits per heavy atom. The lowest BCUT2D eigenvalue weighted by Crippen LogP contribution is -2.13. The Morgan fingerprint density at radius 2 is 1.78 bits per heavy atom. The second-order valence-corrected chi connectivity index (χ2v) is 5.72. The van der Waals surface area contributed by atoms with E-state index in [4.69, 9.17) is 9.15 Å². The zero-order valence-electron chi connectivity index (χ0n) is 12.5. The Bertz CT molecular complexity index is 953. The van der Waals surface area contributed by atoms with Gasteiger partial charge < -0.3 is 9.15 Å². The fraction of sp³-hybridized carbons (Fsp3) is 0.158. The topological polar surface area (TPSA) is 59.8 Å². The molecule has 0 N–H and O–H groups in total. The molecule has 0 unspecified atom stereocenters. The molecular formula is C19H14O4. The third-order valence-corrected chi connectivity index (χ3v) is 4.10. The molecule has 0 aliphatic carbocycles. The number of epoxide rings is 1. The molecule has 4 rings (SSSR count). The van der Waals surface area contributed by atoms with Gasteiger partial charge in [0.15, 0.2) is 17.3 Å². The molecule has 2 heterocycles. The number of carbonyl (C=O) groups is 1. The fourth-order valence-electron chi connectivity index (χ4n) is 2.72. The van der Waals surface area contributed by atoms with Crippen molar-refractivity contribution in [3.05, 3.63) is 81.7 Å². The highest BCUT2D eigenvalue weighted by Crippen LogP contribution is 2.39. The molecule has 4 nitrogen and oxygen atoms in total. The molecular weight excluding hydrogens is 292 g/mol. The van der Waals surface area contributed by atoms with Crippen molar-refractivity contribution in [2.75, 3.05) is 0 Å². The zero-order chi connectivity index (χ0) is 16.0. The van der Waals surface area contributed by atoms with Crippen LogP contribution in [0, 0.1) is 6.92 Å². The number of benzene rings is 2. The zero-order valence-corrected chi connectivity index (χ0v) is 12.5. The summed E-state index contributed by atoms with van der Waals surface area (Å²) in [5.74, 6) is -0.109. The third-order valence-electron chi connectivity index (χ3n) is 4.10. The molecule has 1 aromatic heterocycles. The van der Waals surface area contributed by atoms with Crippen LogP contribution in [0.3, 0.4) is 0 Å². The highest BCUT2D eigenvalue weighted by molar-refractivity contribution is 6.01. The van der Waals surface area contributed by atoms with Crippen molar-refractivity contribution in [3.8, 4) is 0 Å². The number of Topliss-reactive ketones (excluding diaryl/α,β-unsaturated/α-hetero) is 1. The summed E-state index contributed by atoms with van der Waals surface area (Å²) in [5, 5.41) is 0.502. The number of ether oxygens (including phenoxy) is 1. The average Bonchev–Trinajstić information content (AvgIpc) is 3.36. The van der Waals surface area contributed by atoms with Crippen LogP contribution in [0.25, 0.3) is 11.0 Å². The number of hydrogen-bond acceptors (Lipinski definition) is 4. The predicted octanol–water partition coefficient (Wildman–Crippen LogP) is 3.42. The summed E-state index contributed by atoms with van der Waals surface area (Å²) in [6, 6.07) is 14.4. The smallest absolute Gasteiger partial charge is 0.198 e. The van der Waals surface area contributed by atoms with Crippen molar-refractivity contribution >= 4 is 16.8 Å². The van der Waals surface area contributed by atoms with Gasteiger partial charge in [-0.25, -0.2) is 0 Å². The molecule has 0 saturated carbocycles. The minimum absolute atomic E-state index is 0.109. The summed E-state index contributed by atoms with van der Waals surface area (Å²) >= 11 is 0. The maximum atomic E-state index is 12.5. The van der Waals surface area contributed by atoms with Crippen LogP contribution in [0.2, 0.25) is 0 Å². The molecule has 1 aliphatic heterocycles. The molecule has 114 valence electrons. The van der Waals surface area contributed by atoms with E-state index in [0.717, 1.165) is 5.56 Å². The minimum Gasteiger partial charge on any atom is -0.464 e. The van der Waals surface area contributed by atoms with Gasteiger partial charge in [0, 0.05) is 5.56 Å². The van der Waals surface area contributed by atoms with E-state index in [1.807, 2.05) is 25.1 Å². The summed E-state index contributed by atoms with van der Waals surface area (Å²) in [6.07, 6.45) is 0.268. The molecule has 0 spiro atoms. The van der Waals surface area contributed by atoms with Gasteiger partial charge >= 0.3 is 0 Å². The van der Waals surface area contributed by atoms with Gasteiger partial charge in [0.1, 0.15) is 18.0 Å². The molecule has 1 aliphatic rings. The molecule has 1 saturated heterocycles. The number of para-hydroxylation sites is 1. The third kappa shape index (κ3) is 2.37.